The molecule has 2 heterocycles. The van der Waals surface area contributed by atoms with Crippen LogP contribution in [0.2, 0.25) is 0 Å². The number of carbonyl (C=O) groups excluding carboxylic acids is 12. The summed E-state index contributed by atoms with van der Waals surface area (Å²) in [5, 5.41) is 11.1. The predicted molar refractivity (Wildman–Crippen MR) is 357 cm³/mol. The Morgan fingerprint density at radius 2 is 1.22 bits per heavy atom. The van der Waals surface area contributed by atoms with Crippen molar-refractivity contribution in [1.29, 1.82) is 0 Å². The molecule has 0 aromatic heterocycles. The highest BCUT2D eigenvalue weighted by Crippen LogP contribution is 2.24. The first-order valence-electron chi connectivity index (χ1n) is 31.8. The van der Waals surface area contributed by atoms with E-state index in [1.165, 1.54) is 92.3 Å². The van der Waals surface area contributed by atoms with Gasteiger partial charge in [-0.25, -0.2) is 4.39 Å². The summed E-state index contributed by atoms with van der Waals surface area (Å²) in [6, 6.07) is 2.91. The first kappa shape index (κ1) is 77.7. The van der Waals surface area contributed by atoms with Crippen molar-refractivity contribution >= 4 is 93.5 Å². The van der Waals surface area contributed by atoms with E-state index in [4.69, 9.17) is 6.42 Å². The Balaban J connectivity index is 1.88. The van der Waals surface area contributed by atoms with Crippen LogP contribution in [0.25, 0.3) is 0 Å². The summed E-state index contributed by atoms with van der Waals surface area (Å²) in [6.45, 7) is 12.7. The molecule has 2 aliphatic rings. The lowest BCUT2D eigenvalue weighted by atomic mass is 9.95. The predicted octanol–water partition coefficient (Wildman–Crippen LogP) is 2.83. The number of terminal acetylenes is 1. The second-order valence-electron chi connectivity index (χ2n) is 26.1. The van der Waals surface area contributed by atoms with Crippen LogP contribution in [0.1, 0.15) is 118 Å². The molecule has 512 valence electrons. The number of benzene rings is 2. The van der Waals surface area contributed by atoms with E-state index in [1.54, 1.807) is 30.0 Å². The van der Waals surface area contributed by atoms with Gasteiger partial charge in [-0.15, -0.1) is 12.3 Å². The van der Waals surface area contributed by atoms with Crippen molar-refractivity contribution in [3.63, 3.8) is 0 Å². The maximum Gasteiger partial charge on any atom is 0.246 e. The lowest BCUT2D eigenvalue weighted by Crippen LogP contribution is -2.63. The highest BCUT2D eigenvalue weighted by Gasteiger charge is 2.44. The summed E-state index contributed by atoms with van der Waals surface area (Å²) in [6.07, 6.45) is 7.35. The number of nitrogens with zero attached hydrogens (tertiary/aromatic N) is 8. The van der Waals surface area contributed by atoms with Gasteiger partial charge in [-0.1, -0.05) is 72.2 Å². The smallest absolute Gasteiger partial charge is 0.246 e. The van der Waals surface area contributed by atoms with Crippen molar-refractivity contribution in [2.45, 2.75) is 167 Å². The zero-order chi connectivity index (χ0) is 69.9. The van der Waals surface area contributed by atoms with Gasteiger partial charge in [0.2, 0.25) is 70.9 Å². The summed E-state index contributed by atoms with van der Waals surface area (Å²) >= 11 is 2.09. The van der Waals surface area contributed by atoms with E-state index in [2.05, 4.69) is 49.8 Å². The van der Waals surface area contributed by atoms with Crippen LogP contribution in [0, 0.1) is 39.5 Å². The Bertz CT molecular complexity index is 3060. The van der Waals surface area contributed by atoms with Gasteiger partial charge in [0.1, 0.15) is 53.6 Å². The molecule has 0 aliphatic carbocycles. The minimum absolute atomic E-state index is 0.0501. The van der Waals surface area contributed by atoms with E-state index in [-0.39, 0.29) is 43.9 Å². The van der Waals surface area contributed by atoms with E-state index < -0.39 is 157 Å². The Morgan fingerprint density at radius 3 is 1.80 bits per heavy atom. The number of likely N-dealkylation sites (N-methyl/N-ethyl adjacent to an activating group) is 7. The monoisotopic (exact) mass is 1410 g/mol. The molecule has 0 spiro atoms. The van der Waals surface area contributed by atoms with Gasteiger partial charge in [0.15, 0.2) is 0 Å². The van der Waals surface area contributed by atoms with Crippen LogP contribution in [0.4, 0.5) is 4.39 Å². The zero-order valence-electron chi connectivity index (χ0n) is 56.8. The van der Waals surface area contributed by atoms with E-state index in [9.17, 15) is 57.1 Å². The summed E-state index contributed by atoms with van der Waals surface area (Å²) < 4.78 is 15.0. The van der Waals surface area contributed by atoms with E-state index in [1.807, 2.05) is 40.7 Å². The number of likely N-dealkylation sites (tertiary alicyclic amines) is 1. The van der Waals surface area contributed by atoms with Crippen molar-refractivity contribution < 1.29 is 61.9 Å². The van der Waals surface area contributed by atoms with Crippen LogP contribution in [-0.4, -0.2) is 240 Å². The summed E-state index contributed by atoms with van der Waals surface area (Å²) in [4.78, 5) is 184. The summed E-state index contributed by atoms with van der Waals surface area (Å²) in [5.41, 5.74) is -0.726. The zero-order valence-corrected chi connectivity index (χ0v) is 59.0. The number of hydrogen-bond acceptors (Lipinski definition) is 12. The number of nitrogens with one attached hydrogen (secondary N) is 4. The molecule has 0 unspecified atom stereocenters. The molecule has 0 radical (unpaired) electrons. The average Bonchev–Trinajstić information content (AvgIpc) is 0.838. The highest BCUT2D eigenvalue weighted by molar-refractivity contribution is 14.1. The summed E-state index contributed by atoms with van der Waals surface area (Å²) in [5.74, 6) is -7.81. The first-order valence-corrected chi connectivity index (χ1v) is 32.8. The Labute approximate surface area is 561 Å². The molecule has 4 rings (SSSR count). The van der Waals surface area contributed by atoms with Gasteiger partial charge in [0.25, 0.3) is 0 Å². The van der Waals surface area contributed by atoms with E-state index in [0.29, 0.717) is 43.5 Å². The molecular formula is C67H98FIN12O12. The fourth-order valence-electron chi connectivity index (χ4n) is 11.0. The lowest BCUT2D eigenvalue weighted by Gasteiger charge is -2.39. The number of hydrogen-bond donors (Lipinski definition) is 4. The number of amides is 12. The largest absolute Gasteiger partial charge is 0.342 e. The van der Waals surface area contributed by atoms with Crippen LogP contribution < -0.4 is 21.3 Å². The van der Waals surface area contributed by atoms with Crippen LogP contribution >= 0.6 is 22.6 Å². The van der Waals surface area contributed by atoms with Gasteiger partial charge in [0, 0.05) is 85.3 Å². The van der Waals surface area contributed by atoms with Crippen LogP contribution in [-0.2, 0) is 70.4 Å². The quantitative estimate of drug-likeness (QED) is 0.177. The van der Waals surface area contributed by atoms with Gasteiger partial charge in [-0.2, -0.15) is 0 Å². The molecule has 8 atom stereocenters. The van der Waals surface area contributed by atoms with Crippen molar-refractivity contribution in [2.24, 2.45) is 17.8 Å². The Morgan fingerprint density at radius 1 is 0.624 bits per heavy atom. The third-order valence-electron chi connectivity index (χ3n) is 17.5. The van der Waals surface area contributed by atoms with Crippen molar-refractivity contribution in [1.82, 2.24) is 60.5 Å². The Hall–Kier alpha value is -7.70. The number of carbonyl (C=O) groups is 12. The number of halogens is 2. The second-order valence-corrected chi connectivity index (χ2v) is 27.3. The molecule has 2 fully saturated rings. The SMILES string of the molecule is C#CC[C@@H]1NC(=O)[C@H](Cc2cccc(I)c2)NC(=O)CN(C)C(=O)[C@H](Cc2ccc(F)cc2)N(C)C(=O)CN(C)C(=O)CN(C)C(=O)[C@H]([C@@H](C)CC)NC(=O)[C@H](CC(C)C)N(C)C(=O)C[C@@H](C(=O)N2CCCCC2)N(C)C(=O)[C@H](CC(C)C)NC(=O)C(C)(C)N(C)C1=O. The third kappa shape index (κ3) is 21.9. The van der Waals surface area contributed by atoms with E-state index >= 15 is 4.79 Å². The number of rotatable bonds is 12. The summed E-state index contributed by atoms with van der Waals surface area (Å²) in [7, 11) is 9.45. The van der Waals surface area contributed by atoms with Crippen LogP contribution in [0.5, 0.6) is 0 Å². The molecule has 0 bridgehead atoms. The average molecular weight is 1410 g/mol. The Kier molecular flexibility index (Phi) is 29.7. The van der Waals surface area contributed by atoms with Crippen molar-refractivity contribution in [3.05, 3.63) is 69.0 Å². The number of piperidine rings is 1. The van der Waals surface area contributed by atoms with Crippen LogP contribution in [0.3, 0.4) is 0 Å². The van der Waals surface area contributed by atoms with Crippen molar-refractivity contribution in [2.75, 3.05) is 82.1 Å². The minimum atomic E-state index is -1.77. The van der Waals surface area contributed by atoms with Gasteiger partial charge in [0.05, 0.1) is 26.1 Å². The molecule has 26 heteroatoms. The van der Waals surface area contributed by atoms with Crippen LogP contribution in [0.15, 0.2) is 48.5 Å². The van der Waals surface area contributed by atoms with Gasteiger partial charge in [-0.3, -0.25) is 57.5 Å². The minimum Gasteiger partial charge on any atom is -0.342 e. The molecule has 4 N–H and O–H groups in total. The molecule has 2 aromatic rings. The molecule has 2 saturated heterocycles. The van der Waals surface area contributed by atoms with Gasteiger partial charge in [-0.05, 0) is 122 Å². The fraction of sp³-hybridized carbons (Fsp3) is 0.612. The lowest BCUT2D eigenvalue weighted by molar-refractivity contribution is -0.152. The first-order chi connectivity index (χ1) is 43.5. The standard InChI is InChI=1S/C67H98FIN12O12/c1-17-23-48-62(89)80(16)67(8,9)66(93)72-50(32-41(3)4)61(88)79(15)53(64(91)81-30-20-19-21-31-81)37-55(83)77(13)51(33-42(5)6)60(87)73-58(43(7)18-2)65(92)76(12)39-56(84)74(10)40-57(85)78(14)52(36-44-26-28-46(68)29-27-44)63(90)75(11)38-54(82)70-49(59(86)71-48)35-45-24-22-25-47(69)34-45/h1,22,24-29,34,41-43,48-53,58H,18-21,23,30-33,35-40H2,2-16H3,(H,70,82)(H,71,86)(H,72,93)(H,73,87)/t43-,48-,49-,50-,51-,52-,53-,58-/m0/s1. The molecule has 0 saturated carbocycles. The highest BCUT2D eigenvalue weighted by atomic mass is 127. The molecule has 2 aromatic carbocycles. The molecule has 24 nitrogen and oxygen atoms in total. The third-order valence-corrected chi connectivity index (χ3v) is 18.2. The maximum atomic E-state index is 15.1. The van der Waals surface area contributed by atoms with Gasteiger partial charge >= 0.3 is 0 Å². The van der Waals surface area contributed by atoms with Gasteiger partial charge < -0.3 is 60.5 Å². The van der Waals surface area contributed by atoms with Crippen molar-refractivity contribution in [3.8, 4) is 12.3 Å². The van der Waals surface area contributed by atoms with E-state index in [0.717, 1.165) is 39.4 Å². The second kappa shape index (κ2) is 35.5. The normalized spacial score (nSPS) is 24.0. The molecule has 2 aliphatic heterocycles. The molecular weight excluding hydrogens is 1310 g/mol. The topological polar surface area (TPSA) is 279 Å². The molecule has 12 amide bonds. The fourth-order valence-corrected chi connectivity index (χ4v) is 11.7. The maximum absolute atomic E-state index is 15.1. The molecule has 93 heavy (non-hydrogen) atoms.